The zero-order valence-corrected chi connectivity index (χ0v) is 9.00. The summed E-state index contributed by atoms with van der Waals surface area (Å²) in [5, 5.41) is 7.88. The van der Waals surface area contributed by atoms with Crippen molar-refractivity contribution >= 4 is 5.69 Å². The van der Waals surface area contributed by atoms with Gasteiger partial charge in [0.1, 0.15) is 12.0 Å². The van der Waals surface area contributed by atoms with E-state index in [1.54, 1.807) is 25.7 Å². The second-order valence-electron chi connectivity index (χ2n) is 3.32. The molecule has 2 heterocycles. The lowest BCUT2D eigenvalue weighted by Gasteiger charge is -2.04. The van der Waals surface area contributed by atoms with Crippen molar-refractivity contribution < 1.29 is 4.74 Å². The number of anilines is 1. The second kappa shape index (κ2) is 4.71. The smallest absolute Gasteiger partial charge is 0.182 e. The van der Waals surface area contributed by atoms with E-state index in [2.05, 4.69) is 15.2 Å². The molecule has 0 atom stereocenters. The molecule has 0 aromatic carbocycles. The number of aromatic nitrogens is 4. The van der Waals surface area contributed by atoms with Gasteiger partial charge in [-0.15, -0.1) is 10.2 Å². The van der Waals surface area contributed by atoms with E-state index < -0.39 is 0 Å². The standard InChI is InChI=1S/C10H13N5O/c1-16-5-4-15-7-13-14-10(15)9-3-2-8(11)6-12-9/h2-3,6-7H,4-5,11H2,1H3. The first-order valence-corrected chi connectivity index (χ1v) is 4.90. The van der Waals surface area contributed by atoms with Crippen LogP contribution in [0, 0.1) is 0 Å². The SMILES string of the molecule is COCCn1cnnc1-c1ccc(N)cn1. The summed E-state index contributed by atoms with van der Waals surface area (Å²) in [6.07, 6.45) is 3.26. The van der Waals surface area contributed by atoms with E-state index in [1.165, 1.54) is 0 Å². The molecule has 0 aliphatic heterocycles. The summed E-state index contributed by atoms with van der Waals surface area (Å²) < 4.78 is 6.90. The molecule has 0 fully saturated rings. The maximum absolute atomic E-state index is 5.57. The molecule has 0 radical (unpaired) electrons. The van der Waals surface area contributed by atoms with E-state index in [1.807, 2.05) is 10.6 Å². The highest BCUT2D eigenvalue weighted by Gasteiger charge is 2.07. The summed E-state index contributed by atoms with van der Waals surface area (Å²) in [4.78, 5) is 4.20. The Hall–Kier alpha value is -1.95. The summed E-state index contributed by atoms with van der Waals surface area (Å²) in [6.45, 7) is 1.31. The number of nitrogens with zero attached hydrogens (tertiary/aromatic N) is 4. The maximum atomic E-state index is 5.57. The fraction of sp³-hybridized carbons (Fsp3) is 0.300. The number of methoxy groups -OCH3 is 1. The predicted octanol–water partition coefficient (Wildman–Crippen LogP) is 0.569. The van der Waals surface area contributed by atoms with Gasteiger partial charge >= 0.3 is 0 Å². The van der Waals surface area contributed by atoms with Crippen LogP contribution in [0.4, 0.5) is 5.69 Å². The van der Waals surface area contributed by atoms with Gasteiger partial charge in [-0.1, -0.05) is 0 Å². The van der Waals surface area contributed by atoms with Gasteiger partial charge in [0, 0.05) is 13.7 Å². The predicted molar refractivity (Wildman–Crippen MR) is 59.5 cm³/mol. The van der Waals surface area contributed by atoms with Crippen LogP contribution in [0.5, 0.6) is 0 Å². The minimum absolute atomic E-state index is 0.611. The molecule has 0 saturated heterocycles. The summed E-state index contributed by atoms with van der Waals surface area (Å²) >= 11 is 0. The molecule has 6 heteroatoms. The Kier molecular flexibility index (Phi) is 3.11. The van der Waals surface area contributed by atoms with E-state index in [0.29, 0.717) is 18.8 Å². The molecular formula is C10H13N5O. The highest BCUT2D eigenvalue weighted by molar-refractivity contribution is 5.52. The van der Waals surface area contributed by atoms with Gasteiger partial charge in [-0.25, -0.2) is 0 Å². The fourth-order valence-electron chi connectivity index (χ4n) is 1.34. The molecule has 84 valence electrons. The van der Waals surface area contributed by atoms with Gasteiger partial charge in [-0.05, 0) is 12.1 Å². The third-order valence-corrected chi connectivity index (χ3v) is 2.17. The highest BCUT2D eigenvalue weighted by Crippen LogP contribution is 2.14. The topological polar surface area (TPSA) is 78.8 Å². The molecule has 0 amide bonds. The van der Waals surface area contributed by atoms with E-state index in [9.17, 15) is 0 Å². The van der Waals surface area contributed by atoms with Crippen LogP contribution in [0.15, 0.2) is 24.7 Å². The summed E-state index contributed by atoms with van der Waals surface area (Å²) in [7, 11) is 1.66. The van der Waals surface area contributed by atoms with Gasteiger partial charge in [-0.3, -0.25) is 4.98 Å². The number of nitrogens with two attached hydrogens (primary N) is 1. The Morgan fingerprint density at radius 3 is 3.00 bits per heavy atom. The Labute approximate surface area is 93.1 Å². The van der Waals surface area contributed by atoms with E-state index >= 15 is 0 Å². The summed E-state index contributed by atoms with van der Waals surface area (Å²) in [5.74, 6) is 0.719. The third kappa shape index (κ3) is 2.17. The quantitative estimate of drug-likeness (QED) is 0.813. The number of rotatable bonds is 4. The number of hydrogen-bond donors (Lipinski definition) is 1. The Balaban J connectivity index is 2.26. The lowest BCUT2D eigenvalue weighted by Crippen LogP contribution is -2.05. The van der Waals surface area contributed by atoms with Crippen molar-refractivity contribution in [3.8, 4) is 11.5 Å². The van der Waals surface area contributed by atoms with Crippen LogP contribution < -0.4 is 5.73 Å². The highest BCUT2D eigenvalue weighted by atomic mass is 16.5. The Morgan fingerprint density at radius 2 is 2.31 bits per heavy atom. The van der Waals surface area contributed by atoms with Gasteiger partial charge in [-0.2, -0.15) is 0 Å². The van der Waals surface area contributed by atoms with Gasteiger partial charge in [0.25, 0.3) is 0 Å². The van der Waals surface area contributed by atoms with Crippen LogP contribution in [-0.2, 0) is 11.3 Å². The number of pyridine rings is 1. The molecule has 0 saturated carbocycles. The molecule has 0 unspecified atom stereocenters. The van der Waals surface area contributed by atoms with Crippen molar-refractivity contribution in [2.75, 3.05) is 19.5 Å². The first-order valence-electron chi connectivity index (χ1n) is 4.90. The lowest BCUT2D eigenvalue weighted by molar-refractivity contribution is 0.187. The zero-order valence-electron chi connectivity index (χ0n) is 9.00. The Morgan fingerprint density at radius 1 is 1.44 bits per heavy atom. The Bertz CT molecular complexity index is 450. The third-order valence-electron chi connectivity index (χ3n) is 2.17. The molecule has 2 rings (SSSR count). The minimum atomic E-state index is 0.611. The molecule has 2 aromatic heterocycles. The van der Waals surface area contributed by atoms with Crippen LogP contribution in [0.1, 0.15) is 0 Å². The molecule has 0 spiro atoms. The van der Waals surface area contributed by atoms with Crippen molar-refractivity contribution in [2.24, 2.45) is 0 Å². The normalized spacial score (nSPS) is 10.6. The molecule has 16 heavy (non-hydrogen) atoms. The van der Waals surface area contributed by atoms with E-state index in [0.717, 1.165) is 11.5 Å². The van der Waals surface area contributed by atoms with Crippen LogP contribution >= 0.6 is 0 Å². The van der Waals surface area contributed by atoms with Crippen LogP contribution in [0.25, 0.3) is 11.5 Å². The zero-order chi connectivity index (χ0) is 11.4. The first-order chi connectivity index (χ1) is 7.81. The first kappa shape index (κ1) is 10.6. The molecule has 0 bridgehead atoms. The van der Waals surface area contributed by atoms with Crippen molar-refractivity contribution in [3.05, 3.63) is 24.7 Å². The second-order valence-corrected chi connectivity index (χ2v) is 3.32. The summed E-state index contributed by atoms with van der Waals surface area (Å²) in [6, 6.07) is 3.61. The summed E-state index contributed by atoms with van der Waals surface area (Å²) in [5.41, 5.74) is 6.96. The average Bonchev–Trinajstić information content (AvgIpc) is 2.75. The van der Waals surface area contributed by atoms with Crippen molar-refractivity contribution in [1.82, 2.24) is 19.7 Å². The fourth-order valence-corrected chi connectivity index (χ4v) is 1.34. The van der Waals surface area contributed by atoms with Crippen LogP contribution in [0.2, 0.25) is 0 Å². The molecule has 2 N–H and O–H groups in total. The largest absolute Gasteiger partial charge is 0.397 e. The average molecular weight is 219 g/mol. The van der Waals surface area contributed by atoms with Crippen molar-refractivity contribution in [2.45, 2.75) is 6.54 Å². The molecule has 0 aliphatic carbocycles. The number of nitrogen functional groups attached to an aromatic ring is 1. The number of ether oxygens (including phenoxy) is 1. The van der Waals surface area contributed by atoms with E-state index in [-0.39, 0.29) is 0 Å². The van der Waals surface area contributed by atoms with Crippen molar-refractivity contribution in [3.63, 3.8) is 0 Å². The molecule has 2 aromatic rings. The minimum Gasteiger partial charge on any atom is -0.397 e. The van der Waals surface area contributed by atoms with Gasteiger partial charge in [0.05, 0.1) is 18.5 Å². The maximum Gasteiger partial charge on any atom is 0.182 e. The monoisotopic (exact) mass is 219 g/mol. The van der Waals surface area contributed by atoms with Crippen LogP contribution in [-0.4, -0.2) is 33.5 Å². The van der Waals surface area contributed by atoms with Gasteiger partial charge in [0.15, 0.2) is 5.82 Å². The lowest BCUT2D eigenvalue weighted by atomic mass is 10.3. The van der Waals surface area contributed by atoms with Gasteiger partial charge < -0.3 is 15.0 Å². The van der Waals surface area contributed by atoms with Gasteiger partial charge in [0.2, 0.25) is 0 Å². The molecule has 6 nitrogen and oxygen atoms in total. The van der Waals surface area contributed by atoms with Crippen LogP contribution in [0.3, 0.4) is 0 Å². The van der Waals surface area contributed by atoms with E-state index in [4.69, 9.17) is 10.5 Å². The van der Waals surface area contributed by atoms with Crippen molar-refractivity contribution in [1.29, 1.82) is 0 Å². The molecular weight excluding hydrogens is 206 g/mol. The number of hydrogen-bond acceptors (Lipinski definition) is 5. The molecule has 0 aliphatic rings.